The lowest BCUT2D eigenvalue weighted by Gasteiger charge is -2.13. The molecule has 2 rings (SSSR count). The third-order valence-corrected chi connectivity index (χ3v) is 3.10. The molecule has 0 bridgehead atoms. The second kappa shape index (κ2) is 6.91. The van der Waals surface area contributed by atoms with Gasteiger partial charge in [0.15, 0.2) is 0 Å². The molecule has 6 nitrogen and oxygen atoms in total. The van der Waals surface area contributed by atoms with Crippen molar-refractivity contribution in [3.63, 3.8) is 0 Å². The molecule has 0 aliphatic heterocycles. The summed E-state index contributed by atoms with van der Waals surface area (Å²) in [4.78, 5) is 27.3. The molecule has 0 aliphatic carbocycles. The van der Waals surface area contributed by atoms with Crippen LogP contribution in [-0.4, -0.2) is 23.9 Å². The number of methoxy groups -OCH3 is 1. The Kier molecular flexibility index (Phi) is 4.95. The Morgan fingerprint density at radius 1 is 1.18 bits per heavy atom. The van der Waals surface area contributed by atoms with Gasteiger partial charge in [0, 0.05) is 31.1 Å². The number of carbonyl (C=O) groups excluding carboxylic acids is 2. The lowest BCUT2D eigenvalue weighted by Crippen LogP contribution is -2.14. The topological polar surface area (TPSA) is 80.3 Å². The fraction of sp³-hybridized carbons (Fsp3) is 0.133. The number of nitrogens with zero attached hydrogens (tertiary/aromatic N) is 1. The van der Waals surface area contributed by atoms with Crippen molar-refractivity contribution in [2.45, 2.75) is 6.92 Å². The monoisotopic (exact) mass is 319 g/mol. The number of rotatable bonds is 4. The molecule has 1 aromatic heterocycles. The van der Waals surface area contributed by atoms with E-state index in [0.717, 1.165) is 0 Å². The van der Waals surface area contributed by atoms with Crippen LogP contribution in [0.2, 0.25) is 5.02 Å². The number of ether oxygens (including phenoxy) is 1. The Bertz CT molecular complexity index is 705. The molecule has 0 radical (unpaired) electrons. The number of hydrogen-bond donors (Lipinski definition) is 2. The summed E-state index contributed by atoms with van der Waals surface area (Å²) in [6.07, 6.45) is 3.14. The number of carbonyl (C=O) groups is 2. The summed E-state index contributed by atoms with van der Waals surface area (Å²) in [5.41, 5.74) is 1.24. The normalized spacial score (nSPS) is 9.95. The van der Waals surface area contributed by atoms with Crippen LogP contribution in [0.3, 0.4) is 0 Å². The average molecular weight is 320 g/mol. The van der Waals surface area contributed by atoms with Crippen LogP contribution < -0.4 is 15.4 Å². The summed E-state index contributed by atoms with van der Waals surface area (Å²) in [6, 6.07) is 6.28. The Labute approximate surface area is 132 Å². The molecule has 7 heteroatoms. The van der Waals surface area contributed by atoms with E-state index in [0.29, 0.717) is 17.1 Å². The van der Waals surface area contributed by atoms with Gasteiger partial charge in [-0.15, -0.1) is 0 Å². The van der Waals surface area contributed by atoms with Crippen molar-refractivity contribution in [1.82, 2.24) is 4.98 Å². The maximum atomic E-state index is 12.3. The Morgan fingerprint density at radius 3 is 2.45 bits per heavy atom. The molecule has 114 valence electrons. The van der Waals surface area contributed by atoms with Gasteiger partial charge < -0.3 is 15.4 Å². The van der Waals surface area contributed by atoms with E-state index in [1.165, 1.54) is 26.2 Å². The molecule has 2 aromatic rings. The largest absolute Gasteiger partial charge is 0.496 e. The molecule has 22 heavy (non-hydrogen) atoms. The van der Waals surface area contributed by atoms with Gasteiger partial charge in [0.25, 0.3) is 5.91 Å². The van der Waals surface area contributed by atoms with E-state index in [-0.39, 0.29) is 22.4 Å². The lowest BCUT2D eigenvalue weighted by molar-refractivity contribution is -0.114. The average Bonchev–Trinajstić information content (AvgIpc) is 2.49. The molecule has 0 saturated heterocycles. The van der Waals surface area contributed by atoms with Crippen LogP contribution in [0, 0.1) is 0 Å². The van der Waals surface area contributed by atoms with Gasteiger partial charge in [-0.25, -0.2) is 0 Å². The van der Waals surface area contributed by atoms with Gasteiger partial charge in [-0.1, -0.05) is 11.6 Å². The summed E-state index contributed by atoms with van der Waals surface area (Å²) < 4.78 is 5.20. The summed E-state index contributed by atoms with van der Waals surface area (Å²) in [7, 11) is 1.43. The maximum absolute atomic E-state index is 12.3. The van der Waals surface area contributed by atoms with Crippen LogP contribution in [-0.2, 0) is 4.79 Å². The molecule has 0 atom stereocenters. The molecule has 0 spiro atoms. The van der Waals surface area contributed by atoms with Crippen molar-refractivity contribution in [3.05, 3.63) is 47.2 Å². The summed E-state index contributed by atoms with van der Waals surface area (Å²) >= 11 is 6.09. The lowest BCUT2D eigenvalue weighted by atomic mass is 10.1. The first-order valence-electron chi connectivity index (χ1n) is 6.37. The SMILES string of the molecule is COc1cc(NC(C)=O)c(Cl)cc1C(=O)Nc1ccncc1. The van der Waals surface area contributed by atoms with Gasteiger partial charge in [-0.2, -0.15) is 0 Å². The van der Waals surface area contributed by atoms with Gasteiger partial charge in [-0.3, -0.25) is 14.6 Å². The second-order valence-corrected chi connectivity index (χ2v) is 4.81. The van der Waals surface area contributed by atoms with Gasteiger partial charge in [0.1, 0.15) is 5.75 Å². The van der Waals surface area contributed by atoms with E-state index in [9.17, 15) is 9.59 Å². The number of halogens is 1. The van der Waals surface area contributed by atoms with E-state index in [2.05, 4.69) is 15.6 Å². The molecule has 2 amide bonds. The molecule has 0 saturated carbocycles. The quantitative estimate of drug-likeness (QED) is 0.908. The maximum Gasteiger partial charge on any atom is 0.259 e. The van der Waals surface area contributed by atoms with Crippen LogP contribution in [0.1, 0.15) is 17.3 Å². The Morgan fingerprint density at radius 2 is 1.86 bits per heavy atom. The van der Waals surface area contributed by atoms with E-state index in [1.54, 1.807) is 24.5 Å². The zero-order chi connectivity index (χ0) is 16.1. The number of benzene rings is 1. The number of pyridine rings is 1. The summed E-state index contributed by atoms with van der Waals surface area (Å²) in [5, 5.41) is 5.53. The number of aromatic nitrogens is 1. The van der Waals surface area contributed by atoms with Gasteiger partial charge in [-0.05, 0) is 18.2 Å². The summed E-state index contributed by atoms with van der Waals surface area (Å²) in [6.45, 7) is 1.37. The number of hydrogen-bond acceptors (Lipinski definition) is 4. The standard InChI is InChI=1S/C15H14ClN3O3/c1-9(20)18-13-8-14(22-2)11(7-12(13)16)15(21)19-10-3-5-17-6-4-10/h3-8H,1-2H3,(H,18,20)(H,17,19,21). The van der Waals surface area contributed by atoms with Crippen LogP contribution in [0.5, 0.6) is 5.75 Å². The first-order valence-corrected chi connectivity index (χ1v) is 6.75. The third kappa shape index (κ3) is 3.73. The minimum atomic E-state index is -0.376. The van der Waals surface area contributed by atoms with Gasteiger partial charge >= 0.3 is 0 Å². The highest BCUT2D eigenvalue weighted by atomic mass is 35.5. The van der Waals surface area contributed by atoms with Crippen LogP contribution in [0.25, 0.3) is 0 Å². The fourth-order valence-corrected chi connectivity index (χ4v) is 2.03. The highest BCUT2D eigenvalue weighted by Crippen LogP contribution is 2.31. The molecule has 1 aromatic carbocycles. The van der Waals surface area contributed by atoms with Crippen LogP contribution in [0.15, 0.2) is 36.7 Å². The zero-order valence-corrected chi connectivity index (χ0v) is 12.8. The van der Waals surface area contributed by atoms with Crippen molar-refractivity contribution in [1.29, 1.82) is 0 Å². The number of nitrogens with one attached hydrogen (secondary N) is 2. The number of anilines is 2. The highest BCUT2D eigenvalue weighted by molar-refractivity contribution is 6.34. The van der Waals surface area contributed by atoms with Crippen LogP contribution >= 0.6 is 11.6 Å². The molecule has 0 aliphatic rings. The molecular formula is C15H14ClN3O3. The van der Waals surface area contributed by atoms with Crippen LogP contribution in [0.4, 0.5) is 11.4 Å². The first kappa shape index (κ1) is 15.8. The molecule has 1 heterocycles. The van der Waals surface area contributed by atoms with Crippen molar-refractivity contribution < 1.29 is 14.3 Å². The van der Waals surface area contributed by atoms with E-state index >= 15 is 0 Å². The van der Waals surface area contributed by atoms with Gasteiger partial charge in [0.05, 0.1) is 23.4 Å². The predicted molar refractivity (Wildman–Crippen MR) is 84.5 cm³/mol. The highest BCUT2D eigenvalue weighted by Gasteiger charge is 2.16. The van der Waals surface area contributed by atoms with Crippen molar-refractivity contribution in [2.75, 3.05) is 17.7 Å². The molecule has 2 N–H and O–H groups in total. The van der Waals surface area contributed by atoms with E-state index in [4.69, 9.17) is 16.3 Å². The Balaban J connectivity index is 2.32. The van der Waals surface area contributed by atoms with Gasteiger partial charge in [0.2, 0.25) is 5.91 Å². The smallest absolute Gasteiger partial charge is 0.259 e. The molecule has 0 fully saturated rings. The first-order chi connectivity index (χ1) is 10.5. The molecule has 0 unspecified atom stereocenters. The van der Waals surface area contributed by atoms with E-state index < -0.39 is 0 Å². The molecular weight excluding hydrogens is 306 g/mol. The predicted octanol–water partition coefficient (Wildman–Crippen LogP) is 2.95. The summed E-state index contributed by atoms with van der Waals surface area (Å²) in [5.74, 6) is -0.336. The number of amides is 2. The second-order valence-electron chi connectivity index (χ2n) is 4.40. The van der Waals surface area contributed by atoms with E-state index in [1.807, 2.05) is 0 Å². The third-order valence-electron chi connectivity index (χ3n) is 2.78. The van der Waals surface area contributed by atoms with Crippen molar-refractivity contribution >= 4 is 34.8 Å². The minimum absolute atomic E-state index is 0.246. The Hall–Kier alpha value is -2.60. The van der Waals surface area contributed by atoms with Crippen molar-refractivity contribution in [3.8, 4) is 5.75 Å². The minimum Gasteiger partial charge on any atom is -0.496 e. The van der Waals surface area contributed by atoms with Crippen molar-refractivity contribution in [2.24, 2.45) is 0 Å². The fourth-order valence-electron chi connectivity index (χ4n) is 1.82. The zero-order valence-electron chi connectivity index (χ0n) is 12.0.